The maximum absolute atomic E-state index is 6.40. The molecule has 0 atom stereocenters. The van der Waals surface area contributed by atoms with E-state index in [9.17, 15) is 0 Å². The second kappa shape index (κ2) is 11.9. The van der Waals surface area contributed by atoms with Crippen LogP contribution in [0.15, 0.2) is 186 Å². The van der Waals surface area contributed by atoms with Crippen molar-refractivity contribution in [3.8, 4) is 56.3 Å². The standard InChI is InChI=1S/C49H30N2OS/c1-3-11-33(12-4-1)49-50-46-42-30-29-37(40-17-10-19-43(45(40)42)47(46)52-49)31-21-25-35(26-22-31)51(34-13-5-2-6-14-34)36-27-23-32(24-28-36)38-16-9-18-41-39-15-7-8-20-44(39)53-48(38)41/h1-30H. The Morgan fingerprint density at radius 2 is 1.00 bits per heavy atom. The maximum atomic E-state index is 6.40. The van der Waals surface area contributed by atoms with Crippen LogP contribution in [-0.4, -0.2) is 4.98 Å². The molecule has 4 heteroatoms. The Labute approximate surface area is 310 Å². The summed E-state index contributed by atoms with van der Waals surface area (Å²) in [5.41, 5.74) is 12.3. The molecule has 53 heavy (non-hydrogen) atoms. The van der Waals surface area contributed by atoms with Crippen LogP contribution >= 0.6 is 11.3 Å². The SMILES string of the molecule is c1ccc(-c2nc3c(o2)-c2cccc4c(-c5ccc(N(c6ccccc6)c6ccc(-c7cccc8c7sc7ccccc78)cc6)cc5)ccc-3c24)cc1. The number of nitrogens with zero attached hydrogens (tertiary/aromatic N) is 2. The van der Waals surface area contributed by atoms with E-state index < -0.39 is 0 Å². The Hall–Kier alpha value is -6.75. The van der Waals surface area contributed by atoms with Gasteiger partial charge in [0, 0.05) is 59.3 Å². The van der Waals surface area contributed by atoms with Gasteiger partial charge in [-0.3, -0.25) is 0 Å². The maximum Gasteiger partial charge on any atom is 0.227 e. The Morgan fingerprint density at radius 3 is 1.75 bits per heavy atom. The van der Waals surface area contributed by atoms with Gasteiger partial charge in [-0.1, -0.05) is 127 Å². The Balaban J connectivity index is 0.953. The lowest BCUT2D eigenvalue weighted by atomic mass is 9.94. The van der Waals surface area contributed by atoms with Gasteiger partial charge < -0.3 is 9.32 Å². The third-order valence-corrected chi connectivity index (χ3v) is 11.7. The van der Waals surface area contributed by atoms with E-state index in [0.29, 0.717) is 5.89 Å². The topological polar surface area (TPSA) is 29.3 Å². The zero-order valence-corrected chi connectivity index (χ0v) is 29.3. The van der Waals surface area contributed by atoms with E-state index in [-0.39, 0.29) is 0 Å². The zero-order chi connectivity index (χ0) is 34.9. The summed E-state index contributed by atoms with van der Waals surface area (Å²) in [5, 5.41) is 5.04. The van der Waals surface area contributed by atoms with E-state index in [4.69, 9.17) is 9.40 Å². The van der Waals surface area contributed by atoms with Crippen molar-refractivity contribution in [2.75, 3.05) is 4.90 Å². The Kier molecular flexibility index (Phi) is 6.73. The van der Waals surface area contributed by atoms with Gasteiger partial charge in [-0.15, -0.1) is 11.3 Å². The minimum atomic E-state index is 0.657. The highest BCUT2D eigenvalue weighted by atomic mass is 32.1. The molecule has 3 nitrogen and oxygen atoms in total. The number of benzene rings is 8. The Bertz CT molecular complexity index is 2950. The second-order valence-electron chi connectivity index (χ2n) is 13.5. The molecular weight excluding hydrogens is 665 g/mol. The summed E-state index contributed by atoms with van der Waals surface area (Å²) in [4.78, 5) is 7.29. The fourth-order valence-corrected chi connectivity index (χ4v) is 9.25. The first-order chi connectivity index (χ1) is 26.3. The smallest absolute Gasteiger partial charge is 0.227 e. The highest BCUT2D eigenvalue weighted by molar-refractivity contribution is 7.26. The lowest BCUT2D eigenvalue weighted by Crippen LogP contribution is -2.09. The largest absolute Gasteiger partial charge is 0.435 e. The van der Waals surface area contributed by atoms with Crippen LogP contribution in [0, 0.1) is 0 Å². The van der Waals surface area contributed by atoms with E-state index in [2.05, 4.69) is 157 Å². The fraction of sp³-hybridized carbons (Fsp3) is 0. The summed E-state index contributed by atoms with van der Waals surface area (Å²) in [6.07, 6.45) is 0. The van der Waals surface area contributed by atoms with Crippen molar-refractivity contribution < 1.29 is 4.42 Å². The van der Waals surface area contributed by atoms with Crippen molar-refractivity contribution >= 4 is 59.3 Å². The minimum absolute atomic E-state index is 0.657. The molecule has 0 spiro atoms. The third-order valence-electron chi connectivity index (χ3n) is 10.5. The van der Waals surface area contributed by atoms with Crippen molar-refractivity contribution in [2.45, 2.75) is 0 Å². The molecule has 248 valence electrons. The van der Waals surface area contributed by atoms with Gasteiger partial charge in [0.15, 0.2) is 5.76 Å². The molecule has 0 N–H and O–H groups in total. The number of hydrogen-bond acceptors (Lipinski definition) is 4. The molecule has 0 bridgehead atoms. The normalized spacial score (nSPS) is 11.8. The van der Waals surface area contributed by atoms with Crippen LogP contribution in [0.25, 0.3) is 87.2 Å². The third kappa shape index (κ3) is 4.77. The summed E-state index contributed by atoms with van der Waals surface area (Å²) in [5.74, 6) is 1.51. The molecule has 0 saturated carbocycles. The predicted molar refractivity (Wildman–Crippen MR) is 222 cm³/mol. The first-order valence-corrected chi connectivity index (χ1v) is 18.7. The van der Waals surface area contributed by atoms with Crippen LogP contribution < -0.4 is 4.90 Å². The molecule has 1 aliphatic rings. The van der Waals surface area contributed by atoms with Gasteiger partial charge in [-0.05, 0) is 82.2 Å². The van der Waals surface area contributed by atoms with E-state index in [1.54, 1.807) is 0 Å². The lowest BCUT2D eigenvalue weighted by molar-refractivity contribution is 0.590. The highest BCUT2D eigenvalue weighted by Crippen LogP contribution is 2.50. The summed E-state index contributed by atoms with van der Waals surface area (Å²) in [7, 11) is 0. The molecule has 0 amide bonds. The summed E-state index contributed by atoms with van der Waals surface area (Å²) in [6, 6.07) is 64.9. The monoisotopic (exact) mass is 694 g/mol. The van der Waals surface area contributed by atoms with Crippen LogP contribution in [0.1, 0.15) is 0 Å². The average Bonchev–Trinajstić information content (AvgIpc) is 3.92. The number of anilines is 3. The molecule has 11 rings (SSSR count). The van der Waals surface area contributed by atoms with Gasteiger partial charge in [0.05, 0.1) is 0 Å². The quantitative estimate of drug-likeness (QED) is 0.173. The van der Waals surface area contributed by atoms with Crippen molar-refractivity contribution in [1.82, 2.24) is 4.98 Å². The van der Waals surface area contributed by atoms with Crippen molar-refractivity contribution in [3.63, 3.8) is 0 Å². The molecule has 0 fully saturated rings. The average molecular weight is 695 g/mol. The highest BCUT2D eigenvalue weighted by Gasteiger charge is 2.29. The van der Waals surface area contributed by atoms with Crippen molar-refractivity contribution in [1.29, 1.82) is 0 Å². The fourth-order valence-electron chi connectivity index (χ4n) is 8.01. The number of aromatic nitrogens is 1. The van der Waals surface area contributed by atoms with Crippen LogP contribution in [0.4, 0.5) is 17.1 Å². The number of fused-ring (bicyclic) bond motifs is 6. The molecule has 1 aliphatic carbocycles. The number of rotatable bonds is 6. The summed E-state index contributed by atoms with van der Waals surface area (Å²) >= 11 is 1.87. The van der Waals surface area contributed by atoms with Crippen LogP contribution in [0.2, 0.25) is 0 Å². The van der Waals surface area contributed by atoms with Crippen molar-refractivity contribution in [2.24, 2.45) is 0 Å². The number of thiophene rings is 1. The summed E-state index contributed by atoms with van der Waals surface area (Å²) in [6.45, 7) is 0. The molecule has 10 aromatic rings. The van der Waals surface area contributed by atoms with E-state index in [1.165, 1.54) is 53.2 Å². The minimum Gasteiger partial charge on any atom is -0.435 e. The molecule has 8 aromatic carbocycles. The molecule has 0 radical (unpaired) electrons. The van der Waals surface area contributed by atoms with Crippen LogP contribution in [-0.2, 0) is 0 Å². The van der Waals surface area contributed by atoms with E-state index >= 15 is 0 Å². The zero-order valence-electron chi connectivity index (χ0n) is 28.5. The van der Waals surface area contributed by atoms with Gasteiger partial charge in [-0.25, -0.2) is 4.98 Å². The molecule has 2 aromatic heterocycles. The van der Waals surface area contributed by atoms with Gasteiger partial charge in [0.2, 0.25) is 5.89 Å². The first kappa shape index (κ1) is 29.9. The first-order valence-electron chi connectivity index (χ1n) is 17.9. The predicted octanol–water partition coefficient (Wildman–Crippen LogP) is 14.3. The number of oxazole rings is 1. The molecule has 0 saturated heterocycles. The second-order valence-corrected chi connectivity index (χ2v) is 14.5. The summed E-state index contributed by atoms with van der Waals surface area (Å²) < 4.78 is 9.06. The van der Waals surface area contributed by atoms with E-state index in [1.807, 2.05) is 41.7 Å². The van der Waals surface area contributed by atoms with Crippen LogP contribution in [0.5, 0.6) is 0 Å². The molecule has 0 aliphatic heterocycles. The lowest BCUT2D eigenvalue weighted by Gasteiger charge is -2.26. The molecule has 2 heterocycles. The van der Waals surface area contributed by atoms with Gasteiger partial charge in [0.25, 0.3) is 0 Å². The molecule has 0 unspecified atom stereocenters. The number of hydrogen-bond donors (Lipinski definition) is 0. The van der Waals surface area contributed by atoms with Gasteiger partial charge in [0.1, 0.15) is 5.69 Å². The van der Waals surface area contributed by atoms with Gasteiger partial charge in [-0.2, -0.15) is 0 Å². The van der Waals surface area contributed by atoms with E-state index in [0.717, 1.165) is 45.2 Å². The Morgan fingerprint density at radius 1 is 0.415 bits per heavy atom. The van der Waals surface area contributed by atoms with Gasteiger partial charge >= 0.3 is 0 Å². The number of para-hydroxylation sites is 1. The molecular formula is C49H30N2OS. The van der Waals surface area contributed by atoms with Crippen LogP contribution in [0.3, 0.4) is 0 Å². The van der Waals surface area contributed by atoms with Crippen molar-refractivity contribution in [3.05, 3.63) is 182 Å².